The van der Waals surface area contributed by atoms with Gasteiger partial charge in [0.05, 0.1) is 18.3 Å². The molecule has 1 saturated heterocycles. The van der Waals surface area contributed by atoms with Gasteiger partial charge in [0.1, 0.15) is 0 Å². The molecule has 3 fully saturated rings. The van der Waals surface area contributed by atoms with Gasteiger partial charge in [-0.3, -0.25) is 9.69 Å². The Morgan fingerprint density at radius 3 is 2.76 bits per heavy atom. The number of carbonyl (C=O) groups excluding carboxylic acids is 1. The molecule has 2 saturated carbocycles. The average molecular weight is 473 g/mol. The molecule has 34 heavy (non-hydrogen) atoms. The zero-order chi connectivity index (χ0) is 23.3. The maximum atomic E-state index is 14.4. The minimum absolute atomic E-state index is 0.0186. The Balaban J connectivity index is 1.43. The fraction of sp³-hybridized carbons (Fsp3) is 0.481. The van der Waals surface area contributed by atoms with E-state index in [2.05, 4.69) is 45.6 Å². The fourth-order valence-corrected chi connectivity index (χ4v) is 6.43. The zero-order valence-electron chi connectivity index (χ0n) is 19.3. The molecule has 2 heterocycles. The van der Waals surface area contributed by atoms with Crippen LogP contribution in [0, 0.1) is 23.2 Å². The predicted octanol–water partition coefficient (Wildman–Crippen LogP) is 3.48. The third kappa shape index (κ3) is 3.35. The van der Waals surface area contributed by atoms with Gasteiger partial charge >= 0.3 is 0 Å². The van der Waals surface area contributed by atoms with Crippen LogP contribution in [0.4, 0.5) is 0 Å². The van der Waals surface area contributed by atoms with Crippen molar-refractivity contribution in [3.05, 3.63) is 58.9 Å². The number of aromatic nitrogens is 2. The smallest absolute Gasteiger partial charge is 0.260 e. The van der Waals surface area contributed by atoms with Crippen LogP contribution in [0.3, 0.4) is 0 Å². The number of nitrogens with one attached hydrogen (secondary N) is 1. The Kier molecular flexibility index (Phi) is 5.20. The van der Waals surface area contributed by atoms with Gasteiger partial charge in [0, 0.05) is 30.2 Å². The van der Waals surface area contributed by atoms with Crippen molar-refractivity contribution in [3.63, 3.8) is 0 Å². The lowest BCUT2D eigenvalue weighted by molar-refractivity contribution is -0.138. The maximum Gasteiger partial charge on any atom is 0.260 e. The quantitative estimate of drug-likeness (QED) is 0.545. The number of thiocarbonyl (C=S) groups is 1. The molecule has 1 aromatic carbocycles. The average Bonchev–Trinajstić information content (AvgIpc) is 3.62. The summed E-state index contributed by atoms with van der Waals surface area (Å²) in [6, 6.07) is 10.1. The van der Waals surface area contributed by atoms with Crippen LogP contribution < -0.4 is 5.32 Å². The molecule has 4 aliphatic rings. The molecular weight excluding hydrogens is 444 g/mol. The molecule has 174 valence electrons. The molecule has 1 amide bonds. The molecule has 0 radical (unpaired) electrons. The van der Waals surface area contributed by atoms with Crippen LogP contribution in [-0.2, 0) is 28.0 Å². The number of hydrogen-bond acceptors (Lipinski definition) is 5. The largest absolute Gasteiger partial charge is 0.381 e. The molecule has 1 unspecified atom stereocenters. The van der Waals surface area contributed by atoms with Gasteiger partial charge in [0.2, 0.25) is 0 Å². The van der Waals surface area contributed by atoms with E-state index in [9.17, 15) is 4.79 Å². The van der Waals surface area contributed by atoms with Crippen molar-refractivity contribution in [1.82, 2.24) is 20.4 Å². The second-order valence-electron chi connectivity index (χ2n) is 10.1. The lowest BCUT2D eigenvalue weighted by atomic mass is 9.61. The van der Waals surface area contributed by atoms with Crippen LogP contribution in [0.2, 0.25) is 0 Å². The first-order valence-corrected chi connectivity index (χ1v) is 12.5. The van der Waals surface area contributed by atoms with Gasteiger partial charge in [0.15, 0.2) is 10.7 Å². The number of hydrogen-bond donors (Lipinski definition) is 1. The topological polar surface area (TPSA) is 67.3 Å². The molecule has 0 bridgehead atoms. The summed E-state index contributed by atoms with van der Waals surface area (Å²) in [7, 11) is 1.78. The van der Waals surface area contributed by atoms with Gasteiger partial charge in [-0.25, -0.2) is 0 Å². The number of fused-ring (bicyclic) bond motifs is 3. The molecule has 6 rings (SSSR count). The minimum Gasteiger partial charge on any atom is -0.381 e. The lowest BCUT2D eigenvalue weighted by Gasteiger charge is -2.46. The van der Waals surface area contributed by atoms with Crippen LogP contribution >= 0.6 is 12.2 Å². The van der Waals surface area contributed by atoms with Crippen molar-refractivity contribution in [2.75, 3.05) is 7.11 Å². The number of nitrogens with zero attached hydrogens (tertiary/aromatic N) is 3. The van der Waals surface area contributed by atoms with Crippen molar-refractivity contribution < 1.29 is 9.53 Å². The monoisotopic (exact) mass is 472 g/mol. The van der Waals surface area contributed by atoms with E-state index in [4.69, 9.17) is 17.0 Å². The van der Waals surface area contributed by atoms with Gasteiger partial charge in [-0.05, 0) is 92.6 Å². The van der Waals surface area contributed by atoms with Gasteiger partial charge in [-0.2, -0.15) is 10.2 Å². The molecule has 1 N–H and O–H groups in total. The first kappa shape index (κ1) is 21.7. The highest BCUT2D eigenvalue weighted by Gasteiger charge is 2.67. The third-order valence-corrected chi connectivity index (χ3v) is 8.43. The third-order valence-electron chi connectivity index (χ3n) is 8.11. The summed E-state index contributed by atoms with van der Waals surface area (Å²) in [6.07, 6.45) is 8.80. The normalized spacial score (nSPS) is 29.8. The summed E-state index contributed by atoms with van der Waals surface area (Å²) >= 11 is 5.77. The molecule has 1 aromatic heterocycles. The first-order chi connectivity index (χ1) is 16.5. The number of ether oxygens (including phenoxy) is 1. The van der Waals surface area contributed by atoms with Crippen molar-refractivity contribution in [1.29, 1.82) is 0 Å². The lowest BCUT2D eigenvalue weighted by Crippen LogP contribution is -2.56. The fourth-order valence-electron chi connectivity index (χ4n) is 6.13. The summed E-state index contributed by atoms with van der Waals surface area (Å²) in [5.74, 6) is 7.26. The molecule has 3 aliphatic carbocycles. The second-order valence-corrected chi connectivity index (χ2v) is 10.5. The molecule has 6 nitrogen and oxygen atoms in total. The van der Waals surface area contributed by atoms with E-state index in [0.29, 0.717) is 17.6 Å². The summed E-state index contributed by atoms with van der Waals surface area (Å²) in [5.41, 5.74) is 2.83. The Hall–Kier alpha value is -2.82. The van der Waals surface area contributed by atoms with E-state index in [1.54, 1.807) is 18.2 Å². The molecule has 2 spiro atoms. The second kappa shape index (κ2) is 8.14. The number of rotatable bonds is 3. The van der Waals surface area contributed by atoms with Crippen LogP contribution in [0.15, 0.2) is 36.5 Å². The number of amides is 1. The molecular formula is C27H28N4O2S. The Morgan fingerprint density at radius 2 is 2.06 bits per heavy atom. The summed E-state index contributed by atoms with van der Waals surface area (Å²) in [5, 5.41) is 12.2. The Labute approximate surface area is 205 Å². The van der Waals surface area contributed by atoms with Crippen LogP contribution in [-0.4, -0.2) is 39.3 Å². The maximum absolute atomic E-state index is 14.4. The van der Waals surface area contributed by atoms with Gasteiger partial charge in [-0.1, -0.05) is 17.9 Å². The highest BCUT2D eigenvalue weighted by Crippen LogP contribution is 2.60. The van der Waals surface area contributed by atoms with Crippen LogP contribution in [0.5, 0.6) is 0 Å². The zero-order valence-corrected chi connectivity index (χ0v) is 20.2. The Morgan fingerprint density at radius 1 is 1.24 bits per heavy atom. The molecule has 1 atom stereocenters. The van der Waals surface area contributed by atoms with Gasteiger partial charge in [0.25, 0.3) is 5.91 Å². The highest BCUT2D eigenvalue weighted by molar-refractivity contribution is 7.80. The van der Waals surface area contributed by atoms with E-state index in [0.717, 1.165) is 48.9 Å². The summed E-state index contributed by atoms with van der Waals surface area (Å²) in [4.78, 5) is 16.1. The van der Waals surface area contributed by atoms with Crippen LogP contribution in [0.1, 0.15) is 60.9 Å². The summed E-state index contributed by atoms with van der Waals surface area (Å²) in [6.45, 7) is 0.313. The van der Waals surface area contributed by atoms with E-state index in [1.165, 1.54) is 18.4 Å². The Bertz CT molecular complexity index is 1210. The number of carbonyl (C=O) groups is 1. The van der Waals surface area contributed by atoms with E-state index in [-0.39, 0.29) is 17.4 Å². The molecule has 7 heteroatoms. The number of benzene rings is 1. The highest BCUT2D eigenvalue weighted by atomic mass is 32.1. The molecule has 2 aromatic rings. The van der Waals surface area contributed by atoms with Crippen molar-refractivity contribution in [2.24, 2.45) is 11.3 Å². The van der Waals surface area contributed by atoms with Crippen LogP contribution in [0.25, 0.3) is 0 Å². The van der Waals surface area contributed by atoms with E-state index in [1.807, 2.05) is 12.1 Å². The minimum atomic E-state index is -0.877. The van der Waals surface area contributed by atoms with Gasteiger partial charge < -0.3 is 10.1 Å². The van der Waals surface area contributed by atoms with E-state index >= 15 is 0 Å². The molecule has 1 aliphatic heterocycles. The van der Waals surface area contributed by atoms with Crippen molar-refractivity contribution in [3.8, 4) is 11.8 Å². The number of methoxy groups -OCH3 is 1. The van der Waals surface area contributed by atoms with E-state index < -0.39 is 5.54 Å². The SMILES string of the molecule is COC1CCC2(CC1)Cc1ccc(C#CC3CC3)cc1C21NC(=S)N(Cc2cccnn2)C1=O. The van der Waals surface area contributed by atoms with Gasteiger partial charge in [-0.15, -0.1) is 0 Å². The standard InChI is InChI=1S/C27H28N4O2S/c1-33-22-10-12-26(13-11-22)16-20-9-8-19(7-6-18-4-5-18)15-23(20)27(26)24(32)31(25(34)29-27)17-21-3-2-14-28-30-21/h2-3,8-9,14-15,18,22H,4-5,10-13,16-17H2,1H3,(H,29,34). The summed E-state index contributed by atoms with van der Waals surface area (Å²) < 4.78 is 5.67. The first-order valence-electron chi connectivity index (χ1n) is 12.1. The van der Waals surface area contributed by atoms with Crippen molar-refractivity contribution in [2.45, 2.75) is 63.1 Å². The predicted molar refractivity (Wildman–Crippen MR) is 131 cm³/mol. The van der Waals surface area contributed by atoms with Crippen molar-refractivity contribution >= 4 is 23.2 Å².